The van der Waals surface area contributed by atoms with Gasteiger partial charge in [0.05, 0.1) is 35.6 Å². The lowest BCUT2D eigenvalue weighted by Gasteiger charge is -2.55. The van der Waals surface area contributed by atoms with Gasteiger partial charge in [0.2, 0.25) is 11.8 Å². The van der Waals surface area contributed by atoms with E-state index in [-0.39, 0.29) is 17.7 Å². The molecule has 1 aliphatic heterocycles. The molecule has 1 saturated heterocycles. The molecule has 3 aromatic carbocycles. The first kappa shape index (κ1) is 20.2. The third-order valence-electron chi connectivity index (χ3n) is 7.75. The fourth-order valence-corrected chi connectivity index (χ4v) is 6.70. The maximum atomic E-state index is 14.2. The number of imide groups is 1. The average molecular weight is 440 g/mol. The highest BCUT2D eigenvalue weighted by atomic mass is 16.5. The van der Waals surface area contributed by atoms with E-state index in [1.807, 2.05) is 67.6 Å². The Morgan fingerprint density at radius 3 is 2.09 bits per heavy atom. The van der Waals surface area contributed by atoms with Crippen molar-refractivity contribution >= 4 is 17.5 Å². The van der Waals surface area contributed by atoms with Crippen molar-refractivity contribution in [2.24, 2.45) is 11.8 Å². The zero-order valence-corrected chi connectivity index (χ0v) is 18.6. The van der Waals surface area contributed by atoms with Crippen LogP contribution in [0.15, 0.2) is 72.8 Å². The summed E-state index contributed by atoms with van der Waals surface area (Å²) in [5.74, 6) is -1.48. The fourth-order valence-electron chi connectivity index (χ4n) is 6.70. The van der Waals surface area contributed by atoms with Crippen LogP contribution in [0, 0.1) is 11.8 Å². The summed E-state index contributed by atoms with van der Waals surface area (Å²) < 4.78 is 5.77. The van der Waals surface area contributed by atoms with Gasteiger partial charge in [0.1, 0.15) is 5.75 Å². The van der Waals surface area contributed by atoms with Crippen LogP contribution in [-0.2, 0) is 15.0 Å². The van der Waals surface area contributed by atoms with Crippen LogP contribution in [0.2, 0.25) is 0 Å². The van der Waals surface area contributed by atoms with Gasteiger partial charge in [-0.05, 0) is 48.2 Å². The summed E-state index contributed by atoms with van der Waals surface area (Å²) in [6.07, 6.45) is -0.868. The van der Waals surface area contributed by atoms with Crippen molar-refractivity contribution in [3.05, 3.63) is 95.1 Å². The predicted octanol–water partition coefficient (Wildman–Crippen LogP) is 4.02. The zero-order chi connectivity index (χ0) is 22.9. The number of aliphatic hydroxyl groups is 1. The van der Waals surface area contributed by atoms with Gasteiger partial charge >= 0.3 is 0 Å². The highest BCUT2D eigenvalue weighted by Crippen LogP contribution is 2.65. The lowest BCUT2D eigenvalue weighted by molar-refractivity contribution is -0.126. The number of carbonyl (C=O) groups excluding carboxylic acids is 2. The number of carbonyl (C=O) groups is 2. The lowest BCUT2D eigenvalue weighted by atomic mass is 9.46. The summed E-state index contributed by atoms with van der Waals surface area (Å²) in [7, 11) is 0. The molecular formula is C28H25NO4. The van der Waals surface area contributed by atoms with E-state index < -0.39 is 23.4 Å². The molecule has 0 aromatic heterocycles. The molecule has 7 rings (SSSR count). The van der Waals surface area contributed by atoms with E-state index in [1.165, 1.54) is 4.90 Å². The van der Waals surface area contributed by atoms with E-state index in [2.05, 4.69) is 0 Å². The Bertz CT molecular complexity index is 1250. The van der Waals surface area contributed by atoms with Crippen LogP contribution in [-0.4, -0.2) is 29.6 Å². The minimum absolute atomic E-state index is 0.226. The largest absolute Gasteiger partial charge is 0.492 e. The minimum atomic E-state index is -0.991. The van der Waals surface area contributed by atoms with Gasteiger partial charge in [-0.2, -0.15) is 0 Å². The van der Waals surface area contributed by atoms with Gasteiger partial charge in [0.15, 0.2) is 0 Å². The first-order chi connectivity index (χ1) is 16.0. The maximum absolute atomic E-state index is 14.2. The number of aliphatic hydroxyl groups excluding tert-OH is 1. The molecule has 0 spiro atoms. The second-order valence-electron chi connectivity index (χ2n) is 9.11. The van der Waals surface area contributed by atoms with E-state index >= 15 is 0 Å². The number of anilines is 1. The van der Waals surface area contributed by atoms with Crippen molar-refractivity contribution in [3.8, 4) is 5.75 Å². The van der Waals surface area contributed by atoms with Crippen LogP contribution in [0.4, 0.5) is 5.69 Å². The van der Waals surface area contributed by atoms with E-state index in [0.29, 0.717) is 18.0 Å². The van der Waals surface area contributed by atoms with Gasteiger partial charge in [0.25, 0.3) is 0 Å². The van der Waals surface area contributed by atoms with Crippen molar-refractivity contribution in [2.75, 3.05) is 11.5 Å². The molecule has 3 atom stereocenters. The molecular weight excluding hydrogens is 414 g/mol. The molecule has 1 fully saturated rings. The van der Waals surface area contributed by atoms with E-state index in [4.69, 9.17) is 4.74 Å². The van der Waals surface area contributed by atoms with Crippen molar-refractivity contribution in [2.45, 2.75) is 31.3 Å². The number of benzene rings is 3. The van der Waals surface area contributed by atoms with Gasteiger partial charge in [0, 0.05) is 5.92 Å². The number of hydrogen-bond donors (Lipinski definition) is 1. The quantitative estimate of drug-likeness (QED) is 0.624. The van der Waals surface area contributed by atoms with Gasteiger partial charge in [-0.25, -0.2) is 4.90 Å². The third-order valence-corrected chi connectivity index (χ3v) is 7.75. The smallest absolute Gasteiger partial charge is 0.239 e. The van der Waals surface area contributed by atoms with Gasteiger partial charge < -0.3 is 9.84 Å². The Balaban J connectivity index is 1.64. The molecule has 2 bridgehead atoms. The topological polar surface area (TPSA) is 66.8 Å². The Hall–Kier alpha value is -3.44. The molecule has 33 heavy (non-hydrogen) atoms. The van der Waals surface area contributed by atoms with E-state index in [9.17, 15) is 14.7 Å². The Labute approximate surface area is 192 Å². The molecule has 166 valence electrons. The Morgan fingerprint density at radius 2 is 1.48 bits per heavy atom. The second kappa shape index (κ2) is 7.03. The summed E-state index contributed by atoms with van der Waals surface area (Å²) in [6.45, 7) is 4.04. The molecule has 4 aliphatic rings. The predicted molar refractivity (Wildman–Crippen MR) is 124 cm³/mol. The van der Waals surface area contributed by atoms with Gasteiger partial charge in [-0.15, -0.1) is 0 Å². The standard InChI is InChI=1S/C28H25NO4/c1-3-33-22-15-9-8-14-21(22)29-26(31)24-23-17-10-4-6-12-19(17)28(16(2)30,25(24)27(29)32)20-13-7-5-11-18(20)23/h4-16,23-25,30H,3H2,1-2H3. The second-order valence-corrected chi connectivity index (χ2v) is 9.11. The van der Waals surface area contributed by atoms with Crippen molar-refractivity contribution in [1.29, 1.82) is 0 Å². The molecule has 3 aliphatic carbocycles. The van der Waals surface area contributed by atoms with Crippen LogP contribution in [0.1, 0.15) is 42.0 Å². The number of para-hydroxylation sites is 2. The molecule has 3 unspecified atom stereocenters. The molecule has 3 aromatic rings. The molecule has 0 radical (unpaired) electrons. The Morgan fingerprint density at radius 1 is 0.909 bits per heavy atom. The zero-order valence-electron chi connectivity index (χ0n) is 18.6. The summed E-state index contributed by atoms with van der Waals surface area (Å²) in [5.41, 5.74) is 3.43. The number of amides is 2. The number of ether oxygens (including phenoxy) is 1. The van der Waals surface area contributed by atoms with Crippen molar-refractivity contribution < 1.29 is 19.4 Å². The number of hydrogen-bond acceptors (Lipinski definition) is 4. The van der Waals surface area contributed by atoms with E-state index in [1.54, 1.807) is 19.1 Å². The van der Waals surface area contributed by atoms with Crippen molar-refractivity contribution in [1.82, 2.24) is 0 Å². The highest BCUT2D eigenvalue weighted by molar-refractivity contribution is 6.24. The van der Waals surface area contributed by atoms with Crippen LogP contribution in [0.5, 0.6) is 5.75 Å². The van der Waals surface area contributed by atoms with Crippen LogP contribution >= 0.6 is 0 Å². The molecule has 5 nitrogen and oxygen atoms in total. The normalized spacial score (nSPS) is 27.7. The molecule has 2 amide bonds. The van der Waals surface area contributed by atoms with Crippen LogP contribution < -0.4 is 9.64 Å². The molecule has 1 N–H and O–H groups in total. The van der Waals surface area contributed by atoms with Crippen molar-refractivity contribution in [3.63, 3.8) is 0 Å². The SMILES string of the molecule is CCOc1ccccc1N1C(=O)C2C3c4ccccc4C(C(C)O)(c4ccccc43)C2C1=O. The minimum Gasteiger partial charge on any atom is -0.492 e. The third kappa shape index (κ3) is 2.35. The first-order valence-corrected chi connectivity index (χ1v) is 11.5. The molecule has 5 heteroatoms. The summed E-state index contributed by atoms with van der Waals surface area (Å²) >= 11 is 0. The fraction of sp³-hybridized carbons (Fsp3) is 0.286. The van der Waals surface area contributed by atoms with Gasteiger partial charge in [-0.3, -0.25) is 9.59 Å². The lowest BCUT2D eigenvalue weighted by Crippen LogP contribution is -2.58. The first-order valence-electron chi connectivity index (χ1n) is 11.5. The summed E-state index contributed by atoms with van der Waals surface area (Å²) in [4.78, 5) is 29.5. The summed E-state index contributed by atoms with van der Waals surface area (Å²) in [6, 6.07) is 23.1. The molecule has 1 heterocycles. The summed E-state index contributed by atoms with van der Waals surface area (Å²) in [5, 5.41) is 11.4. The van der Waals surface area contributed by atoms with E-state index in [0.717, 1.165) is 22.3 Å². The molecule has 0 saturated carbocycles. The highest BCUT2D eigenvalue weighted by Gasteiger charge is 2.69. The van der Waals surface area contributed by atoms with Crippen LogP contribution in [0.25, 0.3) is 0 Å². The van der Waals surface area contributed by atoms with Gasteiger partial charge in [-0.1, -0.05) is 60.7 Å². The average Bonchev–Trinajstić information content (AvgIpc) is 3.10. The monoisotopic (exact) mass is 439 g/mol. The number of rotatable bonds is 4. The number of nitrogens with zero attached hydrogens (tertiary/aromatic N) is 1. The Kier molecular flexibility index (Phi) is 4.30. The maximum Gasteiger partial charge on any atom is 0.239 e. The van der Waals surface area contributed by atoms with Crippen LogP contribution in [0.3, 0.4) is 0 Å².